The van der Waals surface area contributed by atoms with Gasteiger partial charge in [0.1, 0.15) is 0 Å². The number of aromatic nitrogens is 1. The number of anilines is 2. The maximum Gasteiger partial charge on any atom is 0.195 e. The fraction of sp³-hybridized carbons (Fsp3) is 0.524. The zero-order valence-corrected chi connectivity index (χ0v) is 17.8. The molecule has 0 saturated carbocycles. The summed E-state index contributed by atoms with van der Waals surface area (Å²) in [6.45, 7) is 7.19. The topological polar surface area (TPSA) is 71.0 Å². The molecule has 0 spiro atoms. The number of nitrogens with one attached hydrogen (secondary N) is 2. The van der Waals surface area contributed by atoms with Gasteiger partial charge in [-0.1, -0.05) is 0 Å². The van der Waals surface area contributed by atoms with Gasteiger partial charge in [0.25, 0.3) is 0 Å². The van der Waals surface area contributed by atoms with Crippen molar-refractivity contribution in [2.24, 2.45) is 4.99 Å². The van der Waals surface area contributed by atoms with Crippen LogP contribution in [0.1, 0.15) is 31.9 Å². The van der Waals surface area contributed by atoms with Crippen LogP contribution >= 0.6 is 11.3 Å². The highest BCUT2D eigenvalue weighted by Gasteiger charge is 2.15. The maximum atomic E-state index is 5.78. The molecule has 1 saturated heterocycles. The van der Waals surface area contributed by atoms with E-state index in [0.29, 0.717) is 19.8 Å². The summed E-state index contributed by atoms with van der Waals surface area (Å²) in [7, 11) is 0. The van der Waals surface area contributed by atoms with Crippen LogP contribution in [-0.2, 0) is 6.42 Å². The van der Waals surface area contributed by atoms with Crippen molar-refractivity contribution in [2.45, 2.75) is 32.6 Å². The van der Waals surface area contributed by atoms with Crippen LogP contribution in [0, 0.1) is 0 Å². The Morgan fingerprint density at radius 2 is 2.00 bits per heavy atom. The lowest BCUT2D eigenvalue weighted by Crippen LogP contribution is -2.30. The molecule has 7 nitrogen and oxygen atoms in total. The van der Waals surface area contributed by atoms with Crippen LogP contribution < -0.4 is 25.0 Å². The molecule has 2 aliphatic heterocycles. The van der Waals surface area contributed by atoms with Gasteiger partial charge in [-0.25, -0.2) is 4.98 Å². The molecule has 29 heavy (non-hydrogen) atoms. The van der Waals surface area contributed by atoms with Gasteiger partial charge < -0.3 is 25.0 Å². The van der Waals surface area contributed by atoms with E-state index >= 15 is 0 Å². The smallest absolute Gasteiger partial charge is 0.195 e. The lowest BCUT2D eigenvalue weighted by atomic mass is 10.2. The largest absolute Gasteiger partial charge is 0.490 e. The third-order valence-corrected chi connectivity index (χ3v) is 5.86. The van der Waals surface area contributed by atoms with Crippen molar-refractivity contribution in [2.75, 3.05) is 49.6 Å². The molecule has 0 unspecified atom stereocenters. The average molecular weight is 416 g/mol. The van der Waals surface area contributed by atoms with Gasteiger partial charge in [0.15, 0.2) is 22.6 Å². The molecule has 0 amide bonds. The van der Waals surface area contributed by atoms with E-state index in [0.717, 1.165) is 66.4 Å². The summed E-state index contributed by atoms with van der Waals surface area (Å²) < 4.78 is 11.5. The molecular weight excluding hydrogens is 386 g/mol. The first-order chi connectivity index (χ1) is 14.3. The number of thiazole rings is 1. The monoisotopic (exact) mass is 415 g/mol. The van der Waals surface area contributed by atoms with E-state index in [2.05, 4.69) is 27.8 Å². The van der Waals surface area contributed by atoms with Crippen molar-refractivity contribution >= 4 is 28.1 Å². The van der Waals surface area contributed by atoms with Gasteiger partial charge in [-0.3, -0.25) is 4.99 Å². The van der Waals surface area contributed by atoms with E-state index < -0.39 is 0 Å². The third kappa shape index (κ3) is 5.32. The quantitative estimate of drug-likeness (QED) is 0.556. The molecule has 3 heterocycles. The zero-order chi connectivity index (χ0) is 19.9. The van der Waals surface area contributed by atoms with Gasteiger partial charge in [0, 0.05) is 56.2 Å². The van der Waals surface area contributed by atoms with E-state index in [-0.39, 0.29) is 0 Å². The van der Waals surface area contributed by atoms with Gasteiger partial charge in [0.05, 0.1) is 18.9 Å². The van der Waals surface area contributed by atoms with Crippen LogP contribution in [0.4, 0.5) is 10.8 Å². The van der Waals surface area contributed by atoms with Crippen LogP contribution in [0.2, 0.25) is 0 Å². The molecule has 0 radical (unpaired) electrons. The molecule has 2 N–H and O–H groups in total. The molecule has 1 aromatic heterocycles. The van der Waals surface area contributed by atoms with Crippen molar-refractivity contribution in [1.29, 1.82) is 0 Å². The summed E-state index contributed by atoms with van der Waals surface area (Å²) in [4.78, 5) is 11.9. The summed E-state index contributed by atoms with van der Waals surface area (Å²) in [6, 6.07) is 5.90. The molecule has 1 fully saturated rings. The second-order valence-corrected chi connectivity index (χ2v) is 8.00. The molecule has 4 rings (SSSR count). The summed E-state index contributed by atoms with van der Waals surface area (Å²) in [5.41, 5.74) is 2.05. The Hall–Kier alpha value is -2.48. The molecule has 2 aromatic rings. The lowest BCUT2D eigenvalue weighted by Gasteiger charge is -2.13. The number of rotatable bonds is 6. The first-order valence-electron chi connectivity index (χ1n) is 10.5. The summed E-state index contributed by atoms with van der Waals surface area (Å²) in [6.07, 6.45) is 4.28. The van der Waals surface area contributed by atoms with Gasteiger partial charge in [0.2, 0.25) is 0 Å². The minimum atomic E-state index is 0.678. The SMILES string of the molecule is CCNC(=NCCc1csc(N2CCCC2)n1)Nc1ccc2c(c1)OCCCO2. The number of fused-ring (bicyclic) bond motifs is 1. The van der Waals surface area contributed by atoms with Crippen molar-refractivity contribution in [1.82, 2.24) is 10.3 Å². The van der Waals surface area contributed by atoms with Crippen molar-refractivity contribution < 1.29 is 9.47 Å². The Morgan fingerprint density at radius 1 is 1.17 bits per heavy atom. The molecule has 8 heteroatoms. The van der Waals surface area contributed by atoms with Crippen molar-refractivity contribution in [3.8, 4) is 11.5 Å². The predicted octanol–water partition coefficient (Wildman–Crippen LogP) is 3.52. The standard InChI is InChI=1S/C21H29N5O2S/c1-2-22-20(24-16-6-7-18-19(14-16)28-13-5-12-27-18)23-9-8-17-15-29-21(25-17)26-10-3-4-11-26/h6-7,14-15H,2-5,8-13H2,1H3,(H2,22,23,24). The maximum absolute atomic E-state index is 5.78. The summed E-state index contributed by atoms with van der Waals surface area (Å²) >= 11 is 1.74. The molecule has 0 atom stereocenters. The molecule has 2 aliphatic rings. The van der Waals surface area contributed by atoms with E-state index in [4.69, 9.17) is 19.5 Å². The molecular formula is C21H29N5O2S. The number of nitrogens with zero attached hydrogens (tertiary/aromatic N) is 3. The Kier molecular flexibility index (Phi) is 6.71. The zero-order valence-electron chi connectivity index (χ0n) is 16.9. The van der Waals surface area contributed by atoms with E-state index in [1.807, 2.05) is 18.2 Å². The Bertz CT molecular complexity index is 832. The normalized spacial score (nSPS) is 16.6. The predicted molar refractivity (Wildman–Crippen MR) is 119 cm³/mol. The first kappa shape index (κ1) is 19.8. The van der Waals surface area contributed by atoms with Crippen LogP contribution in [0.15, 0.2) is 28.6 Å². The van der Waals surface area contributed by atoms with E-state index in [1.54, 1.807) is 11.3 Å². The first-order valence-corrected chi connectivity index (χ1v) is 11.3. The third-order valence-electron chi connectivity index (χ3n) is 4.91. The van der Waals surface area contributed by atoms with Gasteiger partial charge in [-0.15, -0.1) is 11.3 Å². The second-order valence-electron chi connectivity index (χ2n) is 7.16. The molecule has 1 aromatic carbocycles. The van der Waals surface area contributed by atoms with Gasteiger partial charge in [-0.2, -0.15) is 0 Å². The lowest BCUT2D eigenvalue weighted by molar-refractivity contribution is 0.297. The molecule has 0 bridgehead atoms. The summed E-state index contributed by atoms with van der Waals surface area (Å²) in [5, 5.41) is 9.98. The highest BCUT2D eigenvalue weighted by Crippen LogP contribution is 2.32. The average Bonchev–Trinajstić information content (AvgIpc) is 3.36. The molecule has 0 aliphatic carbocycles. The minimum absolute atomic E-state index is 0.678. The second kappa shape index (κ2) is 9.82. The van der Waals surface area contributed by atoms with Crippen molar-refractivity contribution in [3.05, 3.63) is 29.3 Å². The Labute approximate surface area is 176 Å². The Morgan fingerprint density at radius 3 is 2.83 bits per heavy atom. The summed E-state index contributed by atoms with van der Waals surface area (Å²) in [5.74, 6) is 2.34. The van der Waals surface area contributed by atoms with Gasteiger partial charge in [-0.05, 0) is 31.9 Å². The van der Waals surface area contributed by atoms with E-state index in [9.17, 15) is 0 Å². The number of guanidine groups is 1. The number of aliphatic imine (C=N–C) groups is 1. The minimum Gasteiger partial charge on any atom is -0.490 e. The number of benzene rings is 1. The van der Waals surface area contributed by atoms with Crippen LogP contribution in [0.5, 0.6) is 11.5 Å². The fourth-order valence-corrected chi connectivity index (χ4v) is 4.35. The van der Waals surface area contributed by atoms with Crippen LogP contribution in [0.3, 0.4) is 0 Å². The number of ether oxygens (including phenoxy) is 2. The Balaban J connectivity index is 1.36. The fourth-order valence-electron chi connectivity index (χ4n) is 3.43. The molecule has 156 valence electrons. The number of hydrogen-bond acceptors (Lipinski definition) is 6. The van der Waals surface area contributed by atoms with Crippen LogP contribution in [0.25, 0.3) is 0 Å². The van der Waals surface area contributed by atoms with Gasteiger partial charge >= 0.3 is 0 Å². The number of hydrogen-bond donors (Lipinski definition) is 2. The highest BCUT2D eigenvalue weighted by atomic mass is 32.1. The highest BCUT2D eigenvalue weighted by molar-refractivity contribution is 7.13. The van der Waals surface area contributed by atoms with E-state index in [1.165, 1.54) is 12.8 Å². The van der Waals surface area contributed by atoms with Crippen LogP contribution in [-0.4, -0.2) is 50.3 Å². The van der Waals surface area contributed by atoms with Crippen molar-refractivity contribution in [3.63, 3.8) is 0 Å².